The fourth-order valence-electron chi connectivity index (χ4n) is 3.70. The molecule has 2 aliphatic rings. The molecule has 1 N–H and O–H groups in total. The third kappa shape index (κ3) is 2.99. The van der Waals surface area contributed by atoms with E-state index < -0.39 is 5.97 Å². The van der Waals surface area contributed by atoms with Gasteiger partial charge in [-0.25, -0.2) is 4.79 Å². The van der Waals surface area contributed by atoms with E-state index in [0.717, 1.165) is 33.6 Å². The molecule has 134 valence electrons. The summed E-state index contributed by atoms with van der Waals surface area (Å²) >= 11 is 0. The maximum Gasteiger partial charge on any atom is 0.336 e. The normalized spacial score (nSPS) is 15.1. The van der Waals surface area contributed by atoms with Gasteiger partial charge in [-0.1, -0.05) is 30.3 Å². The number of carbonyl (C=O) groups excluding carboxylic acids is 1. The van der Waals surface area contributed by atoms with Crippen molar-refractivity contribution in [1.82, 2.24) is 0 Å². The minimum atomic E-state index is -0.974. The zero-order valence-electron chi connectivity index (χ0n) is 14.9. The Kier molecular flexibility index (Phi) is 4.24. The van der Waals surface area contributed by atoms with Crippen LogP contribution in [0.5, 0.6) is 5.75 Å². The van der Waals surface area contributed by atoms with Crippen molar-refractivity contribution in [2.24, 2.45) is 0 Å². The molecule has 0 saturated carbocycles. The Morgan fingerprint density at radius 3 is 2.70 bits per heavy atom. The van der Waals surface area contributed by atoms with Crippen LogP contribution in [0.25, 0.3) is 5.57 Å². The average molecular weight is 358 g/mol. The maximum absolute atomic E-state index is 11.9. The molecule has 27 heavy (non-hydrogen) atoms. The average Bonchev–Trinajstić information content (AvgIpc) is 2.66. The monoisotopic (exact) mass is 358 g/mol. The van der Waals surface area contributed by atoms with E-state index in [1.165, 1.54) is 6.08 Å². The van der Waals surface area contributed by atoms with E-state index in [0.29, 0.717) is 18.6 Å². The van der Waals surface area contributed by atoms with Crippen LogP contribution < -0.4 is 4.74 Å². The quantitative estimate of drug-likeness (QED) is 0.889. The summed E-state index contributed by atoms with van der Waals surface area (Å²) in [5.74, 6) is -0.258. The number of ether oxygens (including phenoxy) is 1. The molecule has 2 aliphatic carbocycles. The van der Waals surface area contributed by atoms with Gasteiger partial charge in [0.2, 0.25) is 0 Å². The van der Waals surface area contributed by atoms with Crippen LogP contribution in [0.15, 0.2) is 71.8 Å². The third-order valence-electron chi connectivity index (χ3n) is 4.81. The highest BCUT2D eigenvalue weighted by molar-refractivity contribution is 6.06. The molecule has 0 unspecified atom stereocenters. The number of hydrogen-bond acceptors (Lipinski definition) is 3. The predicted molar refractivity (Wildman–Crippen MR) is 103 cm³/mol. The smallest absolute Gasteiger partial charge is 0.336 e. The number of carbonyl (C=O) groups is 2. The summed E-state index contributed by atoms with van der Waals surface area (Å²) in [6.45, 7) is 2.50. The number of rotatable bonds is 4. The summed E-state index contributed by atoms with van der Waals surface area (Å²) in [6, 6.07) is 12.8. The van der Waals surface area contributed by atoms with Crippen molar-refractivity contribution in [1.29, 1.82) is 0 Å². The van der Waals surface area contributed by atoms with Crippen molar-refractivity contribution in [2.45, 2.75) is 13.3 Å². The van der Waals surface area contributed by atoms with E-state index in [1.54, 1.807) is 24.3 Å². The van der Waals surface area contributed by atoms with E-state index in [1.807, 2.05) is 37.3 Å². The molecule has 4 heteroatoms. The van der Waals surface area contributed by atoms with Gasteiger partial charge < -0.3 is 9.84 Å². The van der Waals surface area contributed by atoms with Gasteiger partial charge >= 0.3 is 5.97 Å². The lowest BCUT2D eigenvalue weighted by Gasteiger charge is -2.27. The van der Waals surface area contributed by atoms with Crippen molar-refractivity contribution >= 4 is 17.3 Å². The summed E-state index contributed by atoms with van der Waals surface area (Å²) in [5, 5.41) is 9.67. The highest BCUT2D eigenvalue weighted by Gasteiger charge is 2.27. The number of fused-ring (bicyclic) bond motifs is 2. The molecule has 0 radical (unpaired) electrons. The predicted octanol–water partition coefficient (Wildman–Crippen LogP) is 4.21. The second-order valence-electron chi connectivity index (χ2n) is 6.47. The number of carboxylic acids is 1. The summed E-state index contributed by atoms with van der Waals surface area (Å²) in [4.78, 5) is 23.7. The molecule has 0 aliphatic heterocycles. The summed E-state index contributed by atoms with van der Waals surface area (Å²) in [5.41, 5.74) is 5.53. The first-order valence-corrected chi connectivity index (χ1v) is 8.84. The number of allylic oxidation sites excluding steroid dienone is 5. The molecule has 4 nitrogen and oxygen atoms in total. The molecule has 2 aromatic carbocycles. The summed E-state index contributed by atoms with van der Waals surface area (Å²) in [7, 11) is 0. The van der Waals surface area contributed by atoms with E-state index in [2.05, 4.69) is 0 Å². The van der Waals surface area contributed by atoms with Gasteiger partial charge in [-0.15, -0.1) is 0 Å². The SMILES string of the molecule is CCOc1ccc2c(c1)CC1=CC(=O)C=CC1=C2c1ccccc1C(=O)O. The highest BCUT2D eigenvalue weighted by Crippen LogP contribution is 2.42. The van der Waals surface area contributed by atoms with Gasteiger partial charge in [-0.05, 0) is 77.1 Å². The lowest BCUT2D eigenvalue weighted by atomic mass is 9.76. The van der Waals surface area contributed by atoms with Crippen molar-refractivity contribution in [3.05, 3.63) is 94.1 Å². The van der Waals surface area contributed by atoms with Gasteiger partial charge in [0, 0.05) is 0 Å². The Labute approximate surface area is 157 Å². The lowest BCUT2D eigenvalue weighted by Crippen LogP contribution is -2.14. The van der Waals surface area contributed by atoms with Gasteiger partial charge in [0.25, 0.3) is 0 Å². The first-order chi connectivity index (χ1) is 13.1. The lowest BCUT2D eigenvalue weighted by molar-refractivity contribution is -0.110. The zero-order valence-corrected chi connectivity index (χ0v) is 14.9. The second kappa shape index (κ2) is 6.72. The molecule has 0 spiro atoms. The fraction of sp³-hybridized carbons (Fsp3) is 0.130. The molecule has 0 atom stereocenters. The van der Waals surface area contributed by atoms with E-state index in [4.69, 9.17) is 4.74 Å². The van der Waals surface area contributed by atoms with Crippen molar-refractivity contribution in [2.75, 3.05) is 6.61 Å². The van der Waals surface area contributed by atoms with Gasteiger partial charge in [0.15, 0.2) is 5.78 Å². The molecule has 0 saturated heterocycles. The Balaban J connectivity index is 2.00. The number of ketones is 1. The van der Waals surface area contributed by atoms with Crippen LogP contribution in [-0.4, -0.2) is 23.5 Å². The van der Waals surface area contributed by atoms with Crippen molar-refractivity contribution < 1.29 is 19.4 Å². The summed E-state index contributed by atoms with van der Waals surface area (Å²) < 4.78 is 5.62. The molecule has 4 rings (SSSR count). The van der Waals surface area contributed by atoms with Gasteiger partial charge in [0.1, 0.15) is 5.75 Å². The standard InChI is InChI=1S/C23H18O4/c1-2-27-17-8-10-19-15(13-17)11-14-12-16(24)7-9-18(14)22(19)20-5-3-4-6-21(20)23(25)26/h3-10,12-13H,2,11H2,1H3,(H,25,26). The molecule has 0 bridgehead atoms. The number of hydrogen-bond donors (Lipinski definition) is 1. The van der Waals surface area contributed by atoms with Crippen molar-refractivity contribution in [3.63, 3.8) is 0 Å². The van der Waals surface area contributed by atoms with Crippen LogP contribution in [-0.2, 0) is 11.2 Å². The topological polar surface area (TPSA) is 63.6 Å². The van der Waals surface area contributed by atoms with Crippen LogP contribution >= 0.6 is 0 Å². The minimum Gasteiger partial charge on any atom is -0.494 e. The minimum absolute atomic E-state index is 0.0518. The third-order valence-corrected chi connectivity index (χ3v) is 4.81. The number of aromatic carboxylic acids is 1. The first-order valence-electron chi connectivity index (χ1n) is 8.84. The fourth-order valence-corrected chi connectivity index (χ4v) is 3.70. The Morgan fingerprint density at radius 1 is 1.11 bits per heavy atom. The van der Waals surface area contributed by atoms with Crippen LogP contribution in [0, 0.1) is 0 Å². The second-order valence-corrected chi connectivity index (χ2v) is 6.47. The molecule has 2 aromatic rings. The molecule has 0 heterocycles. The maximum atomic E-state index is 11.9. The highest BCUT2D eigenvalue weighted by atomic mass is 16.5. The van der Waals surface area contributed by atoms with Crippen LogP contribution in [0.4, 0.5) is 0 Å². The zero-order chi connectivity index (χ0) is 19.0. The van der Waals surface area contributed by atoms with Gasteiger partial charge in [-0.3, -0.25) is 4.79 Å². The van der Waals surface area contributed by atoms with Crippen LogP contribution in [0.2, 0.25) is 0 Å². The molecule has 0 aromatic heterocycles. The van der Waals surface area contributed by atoms with Crippen LogP contribution in [0.3, 0.4) is 0 Å². The largest absolute Gasteiger partial charge is 0.494 e. The van der Waals surface area contributed by atoms with Gasteiger partial charge in [0.05, 0.1) is 12.2 Å². The number of benzene rings is 2. The first kappa shape index (κ1) is 17.0. The number of carboxylic acid groups (broad SMARTS) is 1. The van der Waals surface area contributed by atoms with Crippen molar-refractivity contribution in [3.8, 4) is 5.75 Å². The van der Waals surface area contributed by atoms with Gasteiger partial charge in [-0.2, -0.15) is 0 Å². The Morgan fingerprint density at radius 2 is 1.93 bits per heavy atom. The summed E-state index contributed by atoms with van der Waals surface area (Å²) in [6.07, 6.45) is 5.57. The van der Waals surface area contributed by atoms with E-state index in [9.17, 15) is 14.7 Å². The molecule has 0 amide bonds. The molecular formula is C23H18O4. The Bertz CT molecular complexity index is 1050. The molecular weight excluding hydrogens is 340 g/mol. The van der Waals surface area contributed by atoms with E-state index in [-0.39, 0.29) is 11.3 Å². The molecule has 0 fully saturated rings. The Hall–Kier alpha value is -3.40. The van der Waals surface area contributed by atoms with E-state index >= 15 is 0 Å². The van der Waals surface area contributed by atoms with Crippen LogP contribution in [0.1, 0.15) is 34.0 Å².